The summed E-state index contributed by atoms with van der Waals surface area (Å²) in [6, 6.07) is 13.1. The highest BCUT2D eigenvalue weighted by Crippen LogP contribution is 2.33. The Labute approximate surface area is 176 Å². The number of para-hydroxylation sites is 1. The summed E-state index contributed by atoms with van der Waals surface area (Å²) < 4.78 is 11.3. The molecule has 152 valence electrons. The first-order chi connectivity index (χ1) is 14.1. The van der Waals surface area contributed by atoms with Crippen LogP contribution >= 0.6 is 11.8 Å². The molecule has 1 N–H and O–H groups in total. The molecule has 0 amide bonds. The molecule has 0 saturated carbocycles. The number of nitrogens with zero attached hydrogens (tertiary/aromatic N) is 1. The predicted octanol–water partition coefficient (Wildman–Crippen LogP) is 5.28. The zero-order valence-corrected chi connectivity index (χ0v) is 17.8. The lowest BCUT2D eigenvalue weighted by Crippen LogP contribution is -2.13. The number of benzene rings is 2. The highest BCUT2D eigenvalue weighted by molar-refractivity contribution is 8.14. The predicted molar refractivity (Wildman–Crippen MR) is 122 cm³/mol. The van der Waals surface area contributed by atoms with Gasteiger partial charge in [-0.2, -0.15) is 0 Å². The number of carbonyl (C=O) groups is 1. The monoisotopic (exact) mass is 410 g/mol. The summed E-state index contributed by atoms with van der Waals surface area (Å²) >= 11 is 1.72. The number of amidine groups is 1. The van der Waals surface area contributed by atoms with E-state index in [4.69, 9.17) is 9.47 Å². The van der Waals surface area contributed by atoms with Crippen molar-refractivity contribution in [3.05, 3.63) is 59.7 Å². The molecule has 0 aromatic heterocycles. The normalized spacial score (nSPS) is 14.0. The Morgan fingerprint density at radius 1 is 1.21 bits per heavy atom. The molecule has 5 nitrogen and oxygen atoms in total. The highest BCUT2D eigenvalue weighted by atomic mass is 32.2. The standard InChI is InChI=1S/C23H26N2O3S/c1-16(2)28-22-18(6-4-7-21(22)27-3)10-13-20(26)17-8-11-19(12-9-17)25-23-24-14-5-15-29-23/h4,6-13,16H,5,14-15H2,1-3H3,(H,24,25)/b13-10+. The number of hydrogen-bond donors (Lipinski definition) is 1. The fourth-order valence-corrected chi connectivity index (χ4v) is 3.66. The Morgan fingerprint density at radius 3 is 2.66 bits per heavy atom. The number of thioether (sulfide) groups is 1. The van der Waals surface area contributed by atoms with Crippen LogP contribution in [0.25, 0.3) is 6.08 Å². The Bertz CT molecular complexity index is 905. The van der Waals surface area contributed by atoms with E-state index < -0.39 is 0 Å². The summed E-state index contributed by atoms with van der Waals surface area (Å²) in [6.45, 7) is 4.78. The van der Waals surface area contributed by atoms with Gasteiger partial charge >= 0.3 is 0 Å². The van der Waals surface area contributed by atoms with Crippen molar-refractivity contribution in [2.45, 2.75) is 26.4 Å². The molecule has 0 saturated heterocycles. The number of ketones is 1. The summed E-state index contributed by atoms with van der Waals surface area (Å²) in [7, 11) is 1.61. The lowest BCUT2D eigenvalue weighted by atomic mass is 10.1. The average Bonchev–Trinajstić information content (AvgIpc) is 2.73. The summed E-state index contributed by atoms with van der Waals surface area (Å²) in [4.78, 5) is 17.1. The Hall–Kier alpha value is -2.73. The van der Waals surface area contributed by atoms with Gasteiger partial charge in [0.2, 0.25) is 0 Å². The largest absolute Gasteiger partial charge is 0.493 e. The summed E-state index contributed by atoms with van der Waals surface area (Å²) in [6.07, 6.45) is 4.45. The van der Waals surface area contributed by atoms with Gasteiger partial charge in [-0.05, 0) is 62.8 Å². The number of nitrogens with one attached hydrogen (secondary N) is 1. The molecular formula is C23H26N2O3S. The lowest BCUT2D eigenvalue weighted by molar-refractivity contribution is 0.104. The van der Waals surface area contributed by atoms with Crippen LogP contribution in [0.1, 0.15) is 36.2 Å². The van der Waals surface area contributed by atoms with Crippen LogP contribution in [0.2, 0.25) is 0 Å². The van der Waals surface area contributed by atoms with Gasteiger partial charge in [0.15, 0.2) is 22.4 Å². The average molecular weight is 411 g/mol. The Kier molecular flexibility index (Phi) is 7.36. The molecule has 0 bridgehead atoms. The third-order valence-corrected chi connectivity index (χ3v) is 5.21. The number of aliphatic imine (C=N–C) groups is 1. The number of methoxy groups -OCH3 is 1. The van der Waals surface area contributed by atoms with Crippen molar-refractivity contribution in [2.75, 3.05) is 24.7 Å². The fourth-order valence-electron chi connectivity index (χ4n) is 2.82. The van der Waals surface area contributed by atoms with Crippen LogP contribution in [0.4, 0.5) is 5.69 Å². The zero-order chi connectivity index (χ0) is 20.6. The second-order valence-corrected chi connectivity index (χ2v) is 7.92. The number of allylic oxidation sites excluding steroid dienone is 1. The minimum Gasteiger partial charge on any atom is -0.493 e. The van der Waals surface area contributed by atoms with E-state index >= 15 is 0 Å². The van der Waals surface area contributed by atoms with Gasteiger partial charge in [-0.1, -0.05) is 23.9 Å². The third kappa shape index (κ3) is 5.87. The molecule has 3 rings (SSSR count). The molecule has 2 aromatic rings. The van der Waals surface area contributed by atoms with Gasteiger partial charge < -0.3 is 14.8 Å². The smallest absolute Gasteiger partial charge is 0.185 e. The van der Waals surface area contributed by atoms with E-state index in [1.165, 1.54) is 0 Å². The lowest BCUT2D eigenvalue weighted by Gasteiger charge is -2.15. The van der Waals surface area contributed by atoms with Gasteiger partial charge in [0.1, 0.15) is 0 Å². The van der Waals surface area contributed by atoms with Crippen LogP contribution in [-0.4, -0.2) is 36.5 Å². The van der Waals surface area contributed by atoms with Gasteiger partial charge in [0.05, 0.1) is 13.2 Å². The topological polar surface area (TPSA) is 59.9 Å². The van der Waals surface area contributed by atoms with Gasteiger partial charge in [-0.3, -0.25) is 9.79 Å². The van der Waals surface area contributed by atoms with Gasteiger partial charge in [0.25, 0.3) is 0 Å². The van der Waals surface area contributed by atoms with E-state index in [0.29, 0.717) is 17.1 Å². The van der Waals surface area contributed by atoms with Crippen LogP contribution in [-0.2, 0) is 0 Å². The van der Waals surface area contributed by atoms with Crippen molar-refractivity contribution in [1.29, 1.82) is 0 Å². The molecule has 0 aliphatic carbocycles. The zero-order valence-electron chi connectivity index (χ0n) is 17.0. The van der Waals surface area contributed by atoms with Crippen molar-refractivity contribution in [1.82, 2.24) is 0 Å². The number of hydrogen-bond acceptors (Lipinski definition) is 6. The minimum absolute atomic E-state index is 0.00104. The van der Waals surface area contributed by atoms with Crippen LogP contribution < -0.4 is 14.8 Å². The van der Waals surface area contributed by atoms with Crippen LogP contribution in [0.3, 0.4) is 0 Å². The fraction of sp³-hybridized carbons (Fsp3) is 0.304. The Balaban J connectivity index is 1.71. The molecule has 0 spiro atoms. The Morgan fingerprint density at radius 2 is 2.00 bits per heavy atom. The second-order valence-electron chi connectivity index (χ2n) is 6.83. The molecule has 0 fully saturated rings. The van der Waals surface area contributed by atoms with E-state index in [1.54, 1.807) is 31.0 Å². The molecular weight excluding hydrogens is 384 g/mol. The van der Waals surface area contributed by atoms with Crippen molar-refractivity contribution >= 4 is 34.5 Å². The number of ether oxygens (including phenoxy) is 2. The maximum atomic E-state index is 12.6. The molecule has 2 aromatic carbocycles. The van der Waals surface area contributed by atoms with Gasteiger partial charge in [0, 0.05) is 29.1 Å². The van der Waals surface area contributed by atoms with Crippen molar-refractivity contribution < 1.29 is 14.3 Å². The van der Waals surface area contributed by atoms with Crippen molar-refractivity contribution in [2.24, 2.45) is 4.99 Å². The van der Waals surface area contributed by atoms with Crippen LogP contribution in [0.15, 0.2) is 53.5 Å². The third-order valence-electron chi connectivity index (χ3n) is 4.21. The number of carbonyl (C=O) groups excluding carboxylic acids is 1. The molecule has 1 aliphatic heterocycles. The maximum Gasteiger partial charge on any atom is 0.185 e. The van der Waals surface area contributed by atoms with Gasteiger partial charge in [-0.15, -0.1) is 0 Å². The molecule has 1 aliphatic rings. The summed E-state index contributed by atoms with van der Waals surface area (Å²) in [5.74, 6) is 2.30. The summed E-state index contributed by atoms with van der Waals surface area (Å²) in [5, 5.41) is 4.23. The highest BCUT2D eigenvalue weighted by Gasteiger charge is 2.11. The van der Waals surface area contributed by atoms with Crippen molar-refractivity contribution in [3.63, 3.8) is 0 Å². The van der Waals surface area contributed by atoms with E-state index in [2.05, 4.69) is 10.3 Å². The van der Waals surface area contributed by atoms with E-state index in [9.17, 15) is 4.79 Å². The molecule has 1 heterocycles. The van der Waals surface area contributed by atoms with Crippen LogP contribution in [0, 0.1) is 0 Å². The molecule has 0 atom stereocenters. The van der Waals surface area contributed by atoms with Crippen molar-refractivity contribution in [3.8, 4) is 11.5 Å². The minimum atomic E-state index is -0.0701. The number of anilines is 1. The molecule has 0 unspecified atom stereocenters. The maximum absolute atomic E-state index is 12.6. The first-order valence-corrected chi connectivity index (χ1v) is 10.7. The second kappa shape index (κ2) is 10.2. The van der Waals surface area contributed by atoms with Gasteiger partial charge in [-0.25, -0.2) is 0 Å². The SMILES string of the molecule is COc1cccc(/C=C/C(=O)c2ccc(NC3=NCCCS3)cc2)c1OC(C)C. The summed E-state index contributed by atoms with van der Waals surface area (Å²) in [5.41, 5.74) is 2.36. The van der Waals surface area contributed by atoms with E-state index in [0.717, 1.165) is 35.1 Å². The first-order valence-electron chi connectivity index (χ1n) is 9.67. The number of rotatable bonds is 7. The molecule has 0 radical (unpaired) electrons. The molecule has 6 heteroatoms. The quantitative estimate of drug-likeness (QED) is 0.497. The van der Waals surface area contributed by atoms with Crippen LogP contribution in [0.5, 0.6) is 11.5 Å². The molecule has 29 heavy (non-hydrogen) atoms. The van der Waals surface area contributed by atoms with E-state index in [-0.39, 0.29) is 11.9 Å². The van der Waals surface area contributed by atoms with E-state index in [1.807, 2.05) is 56.3 Å². The first kappa shape index (κ1) is 21.0.